The third-order valence-corrected chi connectivity index (χ3v) is 5.73. The van der Waals surface area contributed by atoms with Crippen molar-refractivity contribution in [3.63, 3.8) is 0 Å². The molecule has 1 saturated carbocycles. The van der Waals surface area contributed by atoms with E-state index in [0.717, 1.165) is 11.3 Å². The first-order valence-electron chi connectivity index (χ1n) is 9.72. The number of aliphatic hydroxyl groups is 1. The molecule has 0 spiro atoms. The number of aromatic nitrogens is 1. The van der Waals surface area contributed by atoms with E-state index in [9.17, 15) is 14.3 Å². The molecule has 1 saturated heterocycles. The summed E-state index contributed by atoms with van der Waals surface area (Å²) in [4.78, 5) is 17.4. The Morgan fingerprint density at radius 3 is 2.86 bits per heavy atom. The van der Waals surface area contributed by atoms with E-state index >= 15 is 0 Å². The van der Waals surface area contributed by atoms with Crippen molar-refractivity contribution in [1.82, 2.24) is 21.2 Å². The average molecular weight is 384 g/mol. The molecular weight excluding hydrogens is 359 g/mol. The van der Waals surface area contributed by atoms with E-state index in [1.54, 1.807) is 12.3 Å². The van der Waals surface area contributed by atoms with Gasteiger partial charge in [-0.25, -0.2) is 9.82 Å². The molecule has 28 heavy (non-hydrogen) atoms. The number of rotatable bonds is 6. The second-order valence-electron chi connectivity index (χ2n) is 7.69. The third-order valence-electron chi connectivity index (χ3n) is 5.73. The van der Waals surface area contributed by atoms with Crippen LogP contribution in [-0.2, 0) is 11.2 Å². The monoisotopic (exact) mass is 384 g/mol. The zero-order valence-corrected chi connectivity index (χ0v) is 15.5. The van der Waals surface area contributed by atoms with Crippen molar-refractivity contribution >= 4 is 5.91 Å². The van der Waals surface area contributed by atoms with Gasteiger partial charge < -0.3 is 10.4 Å². The highest BCUT2D eigenvalue weighted by Gasteiger charge is 2.39. The Balaban J connectivity index is 1.47. The van der Waals surface area contributed by atoms with Crippen LogP contribution >= 0.6 is 0 Å². The van der Waals surface area contributed by atoms with Crippen molar-refractivity contribution in [1.29, 1.82) is 0 Å². The summed E-state index contributed by atoms with van der Waals surface area (Å²) in [5.41, 5.74) is 7.77. The van der Waals surface area contributed by atoms with Crippen molar-refractivity contribution < 1.29 is 14.3 Å². The number of hydrazine groups is 1. The first kappa shape index (κ1) is 19.0. The fourth-order valence-electron chi connectivity index (χ4n) is 4.08. The van der Waals surface area contributed by atoms with Crippen LogP contribution in [0, 0.1) is 17.7 Å². The van der Waals surface area contributed by atoms with Crippen molar-refractivity contribution in [3.8, 4) is 0 Å². The minimum absolute atomic E-state index is 0.0749. The maximum absolute atomic E-state index is 13.6. The fourth-order valence-corrected chi connectivity index (χ4v) is 4.08. The Hall–Kier alpha value is -2.35. The van der Waals surface area contributed by atoms with Gasteiger partial charge in [0.15, 0.2) is 0 Å². The Morgan fingerprint density at radius 1 is 1.29 bits per heavy atom. The van der Waals surface area contributed by atoms with E-state index in [4.69, 9.17) is 0 Å². The number of aliphatic hydroxyl groups excluding tert-OH is 1. The molecule has 7 heteroatoms. The lowest BCUT2D eigenvalue weighted by Gasteiger charge is -2.38. The van der Waals surface area contributed by atoms with Gasteiger partial charge >= 0.3 is 0 Å². The zero-order valence-electron chi connectivity index (χ0n) is 15.5. The second kappa shape index (κ2) is 8.34. The normalized spacial score (nSPS) is 27.8. The number of pyridine rings is 1. The van der Waals surface area contributed by atoms with Gasteiger partial charge in [0.2, 0.25) is 5.91 Å². The molecule has 1 amide bonds. The summed E-state index contributed by atoms with van der Waals surface area (Å²) < 4.78 is 13.6. The minimum Gasteiger partial charge on any atom is -0.393 e. The summed E-state index contributed by atoms with van der Waals surface area (Å²) in [5.74, 6) is -0.509. The molecule has 2 aliphatic rings. The van der Waals surface area contributed by atoms with Gasteiger partial charge in [0.05, 0.1) is 18.1 Å². The molecule has 1 aromatic heterocycles. The van der Waals surface area contributed by atoms with Crippen LogP contribution in [0.1, 0.15) is 30.1 Å². The molecule has 1 aromatic carbocycles. The van der Waals surface area contributed by atoms with E-state index in [0.29, 0.717) is 25.8 Å². The molecule has 4 rings (SSSR count). The number of benzene rings is 1. The average Bonchev–Trinajstić information content (AvgIpc) is 3.16. The molecule has 2 fully saturated rings. The van der Waals surface area contributed by atoms with Gasteiger partial charge in [0, 0.05) is 30.9 Å². The highest BCUT2D eigenvalue weighted by molar-refractivity contribution is 5.80. The molecule has 0 radical (unpaired) electrons. The molecule has 4 N–H and O–H groups in total. The molecular formula is C21H25FN4O2. The molecule has 3 unspecified atom stereocenters. The predicted octanol–water partition coefficient (Wildman–Crippen LogP) is 1.48. The Bertz CT molecular complexity index is 813. The number of hydrogen-bond acceptors (Lipinski definition) is 5. The number of amides is 1. The standard InChI is InChI=1S/C21H25FN4O2/c22-15-5-3-4-13(8-15)20-18(12-24-26-20)21(28)25-19(14-9-17(27)10-14)11-16-6-1-2-7-23-16/h1-8,14,17-20,24,26-27H,9-12H2,(H,25,28). The van der Waals surface area contributed by atoms with E-state index in [2.05, 4.69) is 21.2 Å². The van der Waals surface area contributed by atoms with E-state index in [1.165, 1.54) is 12.1 Å². The van der Waals surface area contributed by atoms with Crippen LogP contribution in [0.15, 0.2) is 48.7 Å². The molecule has 148 valence electrons. The maximum atomic E-state index is 13.6. The molecule has 6 nitrogen and oxygen atoms in total. The molecule has 2 heterocycles. The Morgan fingerprint density at radius 2 is 2.14 bits per heavy atom. The van der Waals surface area contributed by atoms with Crippen LogP contribution in [0.3, 0.4) is 0 Å². The molecule has 3 atom stereocenters. The van der Waals surface area contributed by atoms with Gasteiger partial charge in [-0.3, -0.25) is 15.2 Å². The van der Waals surface area contributed by atoms with E-state index in [-0.39, 0.29) is 41.7 Å². The predicted molar refractivity (Wildman–Crippen MR) is 102 cm³/mol. The molecule has 0 bridgehead atoms. The largest absolute Gasteiger partial charge is 0.393 e. The van der Waals surface area contributed by atoms with Crippen LogP contribution < -0.4 is 16.2 Å². The SMILES string of the molecule is O=C(NC(Cc1ccccn1)C1CC(O)C1)C1CNNC1c1cccc(F)c1. The second-order valence-corrected chi connectivity index (χ2v) is 7.69. The van der Waals surface area contributed by atoms with Gasteiger partial charge in [-0.2, -0.15) is 0 Å². The number of halogens is 1. The lowest BCUT2D eigenvalue weighted by atomic mass is 9.75. The van der Waals surface area contributed by atoms with Gasteiger partial charge in [-0.15, -0.1) is 0 Å². The number of nitrogens with one attached hydrogen (secondary N) is 3. The van der Waals surface area contributed by atoms with Crippen LogP contribution in [-0.4, -0.2) is 34.7 Å². The van der Waals surface area contributed by atoms with E-state index < -0.39 is 0 Å². The fraction of sp³-hybridized carbons (Fsp3) is 0.429. The zero-order chi connectivity index (χ0) is 19.5. The quantitative estimate of drug-likeness (QED) is 0.606. The smallest absolute Gasteiger partial charge is 0.226 e. The number of hydrogen-bond donors (Lipinski definition) is 4. The van der Waals surface area contributed by atoms with Gasteiger partial charge in [-0.05, 0) is 48.6 Å². The Labute approximate surface area is 163 Å². The van der Waals surface area contributed by atoms with Crippen molar-refractivity contribution in [2.75, 3.05) is 6.54 Å². The third kappa shape index (κ3) is 4.22. The summed E-state index contributed by atoms with van der Waals surface area (Å²) >= 11 is 0. The van der Waals surface area contributed by atoms with Crippen molar-refractivity contribution in [2.45, 2.75) is 37.5 Å². The van der Waals surface area contributed by atoms with Crippen LogP contribution in [0.5, 0.6) is 0 Å². The topological polar surface area (TPSA) is 86.3 Å². The maximum Gasteiger partial charge on any atom is 0.226 e. The summed E-state index contributed by atoms with van der Waals surface area (Å²) in [6.07, 6.45) is 3.46. The van der Waals surface area contributed by atoms with Crippen LogP contribution in [0.25, 0.3) is 0 Å². The van der Waals surface area contributed by atoms with Gasteiger partial charge in [0.1, 0.15) is 5.82 Å². The van der Waals surface area contributed by atoms with Crippen LogP contribution in [0.4, 0.5) is 4.39 Å². The molecule has 1 aliphatic carbocycles. The minimum atomic E-state index is -0.349. The summed E-state index contributed by atoms with van der Waals surface area (Å²) in [6.45, 7) is 0.469. The van der Waals surface area contributed by atoms with Crippen molar-refractivity contribution in [2.24, 2.45) is 11.8 Å². The highest BCUT2D eigenvalue weighted by atomic mass is 19.1. The summed E-state index contributed by atoms with van der Waals surface area (Å²) in [7, 11) is 0. The summed E-state index contributed by atoms with van der Waals surface area (Å²) in [6, 6.07) is 11.7. The van der Waals surface area contributed by atoms with Gasteiger partial charge in [0.25, 0.3) is 0 Å². The van der Waals surface area contributed by atoms with Gasteiger partial charge in [-0.1, -0.05) is 18.2 Å². The first-order chi connectivity index (χ1) is 13.6. The van der Waals surface area contributed by atoms with Crippen molar-refractivity contribution in [3.05, 3.63) is 65.7 Å². The molecule has 2 aromatic rings. The van der Waals surface area contributed by atoms with Crippen LogP contribution in [0.2, 0.25) is 0 Å². The highest BCUT2D eigenvalue weighted by Crippen LogP contribution is 2.32. The van der Waals surface area contributed by atoms with E-state index in [1.807, 2.05) is 24.3 Å². The summed E-state index contributed by atoms with van der Waals surface area (Å²) in [5, 5.41) is 12.9. The number of carbonyl (C=O) groups excluding carboxylic acids is 1. The lowest BCUT2D eigenvalue weighted by Crippen LogP contribution is -2.50. The first-order valence-corrected chi connectivity index (χ1v) is 9.72. The number of nitrogens with zero attached hydrogens (tertiary/aromatic N) is 1. The number of carbonyl (C=O) groups is 1. The lowest BCUT2D eigenvalue weighted by molar-refractivity contribution is -0.126. The molecule has 1 aliphatic heterocycles. The Kier molecular flexibility index (Phi) is 5.66.